The molecule has 1 unspecified atom stereocenters. The highest BCUT2D eigenvalue weighted by molar-refractivity contribution is 5.18. The quantitative estimate of drug-likeness (QED) is 0.830. The van der Waals surface area contributed by atoms with E-state index in [9.17, 15) is 0 Å². The Morgan fingerprint density at radius 2 is 2.25 bits per heavy atom. The fourth-order valence-corrected chi connectivity index (χ4v) is 2.23. The first-order valence-electron chi connectivity index (χ1n) is 6.36. The molecule has 4 heteroatoms. The first kappa shape index (κ1) is 11.6. The molecule has 1 aromatic heterocycles. The van der Waals surface area contributed by atoms with Crippen LogP contribution in [0.3, 0.4) is 0 Å². The molecule has 0 aromatic carbocycles. The Hall–Kier alpha value is -0.900. The maximum atomic E-state index is 4.34. The predicted molar refractivity (Wildman–Crippen MR) is 64.4 cm³/mol. The lowest BCUT2D eigenvalue weighted by Crippen LogP contribution is -2.20. The van der Waals surface area contributed by atoms with Crippen molar-refractivity contribution in [3.05, 3.63) is 11.4 Å². The first-order valence-corrected chi connectivity index (χ1v) is 6.36. The lowest BCUT2D eigenvalue weighted by Gasteiger charge is -2.28. The minimum absolute atomic E-state index is 0.466. The van der Waals surface area contributed by atoms with Crippen LogP contribution in [-0.2, 0) is 6.54 Å². The summed E-state index contributed by atoms with van der Waals surface area (Å²) in [4.78, 5) is 0. The van der Waals surface area contributed by atoms with Gasteiger partial charge in [0.1, 0.15) is 0 Å². The van der Waals surface area contributed by atoms with Gasteiger partial charge in [-0.2, -0.15) is 0 Å². The van der Waals surface area contributed by atoms with Crippen LogP contribution in [0, 0.1) is 0 Å². The second-order valence-electron chi connectivity index (χ2n) is 4.78. The van der Waals surface area contributed by atoms with Crippen LogP contribution in [0.1, 0.15) is 62.9 Å². The van der Waals surface area contributed by atoms with Crippen LogP contribution in [0.5, 0.6) is 0 Å². The maximum absolute atomic E-state index is 4.34. The standard InChI is InChI=1S/C12H22N4/c1-4-9(2)16-12(10-6-5-7-10)11(8-13-3)14-15-16/h9-10,13H,4-8H2,1-3H3. The van der Waals surface area contributed by atoms with E-state index in [1.165, 1.54) is 25.0 Å². The molecule has 1 aliphatic carbocycles. The van der Waals surface area contributed by atoms with Crippen molar-refractivity contribution < 1.29 is 0 Å². The molecule has 1 fully saturated rings. The zero-order valence-corrected chi connectivity index (χ0v) is 10.5. The number of nitrogens with zero attached hydrogens (tertiary/aromatic N) is 3. The molecular formula is C12H22N4. The summed E-state index contributed by atoms with van der Waals surface area (Å²) < 4.78 is 2.15. The van der Waals surface area contributed by atoms with Gasteiger partial charge in [0.25, 0.3) is 0 Å². The summed E-state index contributed by atoms with van der Waals surface area (Å²) in [7, 11) is 1.97. The van der Waals surface area contributed by atoms with Crippen LogP contribution >= 0.6 is 0 Å². The van der Waals surface area contributed by atoms with Crippen molar-refractivity contribution in [3.8, 4) is 0 Å². The Kier molecular flexibility index (Phi) is 3.59. The minimum atomic E-state index is 0.466. The van der Waals surface area contributed by atoms with E-state index in [0.717, 1.165) is 18.7 Å². The Bertz CT molecular complexity index is 341. The highest BCUT2D eigenvalue weighted by Crippen LogP contribution is 2.38. The van der Waals surface area contributed by atoms with Crippen molar-refractivity contribution in [2.75, 3.05) is 7.05 Å². The summed E-state index contributed by atoms with van der Waals surface area (Å²) in [6.45, 7) is 5.26. The van der Waals surface area contributed by atoms with Crippen molar-refractivity contribution in [3.63, 3.8) is 0 Å². The molecule has 16 heavy (non-hydrogen) atoms. The van der Waals surface area contributed by atoms with E-state index in [4.69, 9.17) is 0 Å². The average molecular weight is 222 g/mol. The van der Waals surface area contributed by atoms with Gasteiger partial charge in [-0.05, 0) is 33.2 Å². The smallest absolute Gasteiger partial charge is 0.0999 e. The third-order valence-corrected chi connectivity index (χ3v) is 3.65. The first-order chi connectivity index (χ1) is 7.77. The van der Waals surface area contributed by atoms with Gasteiger partial charge in [-0.25, -0.2) is 4.68 Å². The summed E-state index contributed by atoms with van der Waals surface area (Å²) in [5, 5.41) is 11.8. The third-order valence-electron chi connectivity index (χ3n) is 3.65. The molecule has 0 amide bonds. The van der Waals surface area contributed by atoms with Crippen LogP contribution in [0.25, 0.3) is 0 Å². The average Bonchev–Trinajstić information content (AvgIpc) is 2.60. The van der Waals surface area contributed by atoms with Crippen LogP contribution in [0.4, 0.5) is 0 Å². The van der Waals surface area contributed by atoms with Crippen molar-refractivity contribution in [2.45, 2.75) is 58.0 Å². The van der Waals surface area contributed by atoms with Crippen molar-refractivity contribution in [2.24, 2.45) is 0 Å². The van der Waals surface area contributed by atoms with Crippen LogP contribution in [0.15, 0.2) is 0 Å². The molecule has 0 saturated heterocycles. The molecule has 1 heterocycles. The van der Waals surface area contributed by atoms with Gasteiger partial charge < -0.3 is 5.32 Å². The van der Waals surface area contributed by atoms with Crippen molar-refractivity contribution >= 4 is 0 Å². The molecule has 0 aliphatic heterocycles. The Balaban J connectivity index is 2.29. The van der Waals surface area contributed by atoms with Gasteiger partial charge in [0, 0.05) is 12.5 Å². The third kappa shape index (κ3) is 1.98. The van der Waals surface area contributed by atoms with E-state index >= 15 is 0 Å². The lowest BCUT2D eigenvalue weighted by atomic mass is 9.82. The molecule has 90 valence electrons. The minimum Gasteiger partial charge on any atom is -0.314 e. The number of aromatic nitrogens is 3. The van der Waals surface area contributed by atoms with Gasteiger partial charge in [-0.3, -0.25) is 0 Å². The van der Waals surface area contributed by atoms with Crippen molar-refractivity contribution in [1.82, 2.24) is 20.3 Å². The van der Waals surface area contributed by atoms with Crippen molar-refractivity contribution in [1.29, 1.82) is 0 Å². The SMILES string of the molecule is CCC(C)n1nnc(CNC)c1C1CCC1. The number of nitrogens with one attached hydrogen (secondary N) is 1. The molecule has 1 atom stereocenters. The van der Waals surface area contributed by atoms with E-state index in [1.54, 1.807) is 0 Å². The number of rotatable bonds is 5. The van der Waals surface area contributed by atoms with E-state index in [1.807, 2.05) is 7.05 Å². The van der Waals surface area contributed by atoms with Gasteiger partial charge in [0.15, 0.2) is 0 Å². The fourth-order valence-electron chi connectivity index (χ4n) is 2.23. The number of hydrogen-bond donors (Lipinski definition) is 1. The largest absolute Gasteiger partial charge is 0.314 e. The zero-order chi connectivity index (χ0) is 11.5. The van der Waals surface area contributed by atoms with Gasteiger partial charge in [-0.1, -0.05) is 18.6 Å². The summed E-state index contributed by atoms with van der Waals surface area (Å²) in [6, 6.07) is 0.466. The van der Waals surface area contributed by atoms with Gasteiger partial charge in [0.05, 0.1) is 17.4 Å². The van der Waals surface area contributed by atoms with E-state index in [-0.39, 0.29) is 0 Å². The molecule has 0 radical (unpaired) electrons. The monoisotopic (exact) mass is 222 g/mol. The maximum Gasteiger partial charge on any atom is 0.0999 e. The topological polar surface area (TPSA) is 42.7 Å². The highest BCUT2D eigenvalue weighted by Gasteiger charge is 2.28. The summed E-state index contributed by atoms with van der Waals surface area (Å²) in [5.74, 6) is 0.701. The second kappa shape index (κ2) is 4.95. The Morgan fingerprint density at radius 1 is 1.50 bits per heavy atom. The predicted octanol–water partition coefficient (Wildman–Crippen LogP) is 2.24. The second-order valence-corrected chi connectivity index (χ2v) is 4.78. The molecule has 1 aromatic rings. The normalized spacial score (nSPS) is 18.4. The molecule has 1 aliphatic rings. The highest BCUT2D eigenvalue weighted by atomic mass is 15.4. The molecule has 1 N–H and O–H groups in total. The summed E-state index contributed by atoms with van der Waals surface area (Å²) in [6.07, 6.45) is 5.08. The van der Waals surface area contributed by atoms with Gasteiger partial charge in [-0.15, -0.1) is 5.10 Å². The molecule has 1 saturated carbocycles. The fraction of sp³-hybridized carbons (Fsp3) is 0.833. The number of hydrogen-bond acceptors (Lipinski definition) is 3. The molecule has 2 rings (SSSR count). The van der Waals surface area contributed by atoms with E-state index < -0.39 is 0 Å². The van der Waals surface area contributed by atoms with Crippen LogP contribution in [-0.4, -0.2) is 22.0 Å². The van der Waals surface area contributed by atoms with Gasteiger partial charge in [0.2, 0.25) is 0 Å². The lowest BCUT2D eigenvalue weighted by molar-refractivity contribution is 0.361. The molecular weight excluding hydrogens is 200 g/mol. The zero-order valence-electron chi connectivity index (χ0n) is 10.5. The molecule has 4 nitrogen and oxygen atoms in total. The molecule has 0 bridgehead atoms. The van der Waals surface area contributed by atoms with E-state index in [2.05, 4.69) is 34.2 Å². The molecule has 0 spiro atoms. The van der Waals surface area contributed by atoms with Gasteiger partial charge >= 0.3 is 0 Å². The Labute approximate surface area is 97.4 Å². The summed E-state index contributed by atoms with van der Waals surface area (Å²) in [5.41, 5.74) is 2.53. The summed E-state index contributed by atoms with van der Waals surface area (Å²) >= 11 is 0. The Morgan fingerprint density at radius 3 is 2.75 bits per heavy atom. The van der Waals surface area contributed by atoms with Crippen LogP contribution in [0.2, 0.25) is 0 Å². The van der Waals surface area contributed by atoms with E-state index in [0.29, 0.717) is 12.0 Å². The van der Waals surface area contributed by atoms with Crippen LogP contribution < -0.4 is 5.32 Å².